The number of anilines is 2. The first-order chi connectivity index (χ1) is 14.8. The van der Waals surface area contributed by atoms with Crippen LogP contribution in [0.15, 0.2) is 48.5 Å². The van der Waals surface area contributed by atoms with E-state index in [1.807, 2.05) is 24.3 Å². The van der Waals surface area contributed by atoms with Crippen molar-refractivity contribution in [2.75, 3.05) is 42.5 Å². The van der Waals surface area contributed by atoms with Gasteiger partial charge in [0.1, 0.15) is 18.4 Å². The van der Waals surface area contributed by atoms with Crippen molar-refractivity contribution in [1.29, 1.82) is 0 Å². The Labute approximate surface area is 184 Å². The molecule has 1 atom stereocenters. The summed E-state index contributed by atoms with van der Waals surface area (Å²) in [7, 11) is 0. The molecule has 1 unspecified atom stereocenters. The molecule has 9 heteroatoms. The molecule has 4 rings (SSSR count). The third kappa shape index (κ3) is 4.20. The molecular formula is C22H22ClFN4O3. The fourth-order valence-corrected chi connectivity index (χ4v) is 4.11. The fraction of sp³-hybridized carbons (Fsp3) is 0.318. The fourth-order valence-electron chi connectivity index (χ4n) is 3.93. The third-order valence-electron chi connectivity index (χ3n) is 5.65. The number of rotatable bonds is 4. The summed E-state index contributed by atoms with van der Waals surface area (Å²) in [6.45, 7) is 3.52. The highest BCUT2D eigenvalue weighted by atomic mass is 35.5. The molecule has 0 saturated carbocycles. The van der Waals surface area contributed by atoms with Crippen LogP contribution in [0.25, 0.3) is 0 Å². The first-order valence-electron chi connectivity index (χ1n) is 10.0. The molecular weight excluding hydrogens is 423 g/mol. The van der Waals surface area contributed by atoms with Gasteiger partial charge < -0.3 is 9.80 Å². The van der Waals surface area contributed by atoms with Gasteiger partial charge in [-0.2, -0.15) is 0 Å². The first kappa shape index (κ1) is 21.1. The average Bonchev–Trinajstić information content (AvgIpc) is 2.98. The Bertz CT molecular complexity index is 1010. The molecule has 4 amide bonds. The summed E-state index contributed by atoms with van der Waals surface area (Å²) in [4.78, 5) is 44.4. The quantitative estimate of drug-likeness (QED) is 0.680. The van der Waals surface area contributed by atoms with Gasteiger partial charge in [0.15, 0.2) is 0 Å². The molecule has 0 N–H and O–H groups in total. The van der Waals surface area contributed by atoms with Gasteiger partial charge in [-0.15, -0.1) is 0 Å². The van der Waals surface area contributed by atoms with Crippen molar-refractivity contribution >= 4 is 40.8 Å². The van der Waals surface area contributed by atoms with Gasteiger partial charge in [0, 0.05) is 42.6 Å². The highest BCUT2D eigenvalue weighted by Crippen LogP contribution is 2.26. The largest absolute Gasteiger partial charge is 0.368 e. The van der Waals surface area contributed by atoms with Crippen LogP contribution in [0.4, 0.5) is 20.6 Å². The number of carbonyl (C=O) groups excluding carboxylic acids is 3. The zero-order valence-electron chi connectivity index (χ0n) is 17.0. The number of amides is 4. The normalized spacial score (nSPS) is 19.4. The number of urea groups is 1. The van der Waals surface area contributed by atoms with E-state index < -0.39 is 23.8 Å². The van der Waals surface area contributed by atoms with Crippen LogP contribution in [-0.4, -0.2) is 66.4 Å². The summed E-state index contributed by atoms with van der Waals surface area (Å²) in [5.74, 6) is -1.15. The van der Waals surface area contributed by atoms with Crippen molar-refractivity contribution in [1.82, 2.24) is 9.80 Å². The number of halogens is 2. The van der Waals surface area contributed by atoms with Crippen LogP contribution >= 0.6 is 11.6 Å². The maximum Gasteiger partial charge on any atom is 0.332 e. The second-order valence-electron chi connectivity index (χ2n) is 7.58. The summed E-state index contributed by atoms with van der Waals surface area (Å²) in [6.07, 6.45) is 0. The van der Waals surface area contributed by atoms with Crippen molar-refractivity contribution in [3.8, 4) is 0 Å². The van der Waals surface area contributed by atoms with Gasteiger partial charge in [-0.1, -0.05) is 17.7 Å². The third-order valence-corrected chi connectivity index (χ3v) is 5.89. The molecule has 2 aromatic carbocycles. The van der Waals surface area contributed by atoms with Gasteiger partial charge in [0.25, 0.3) is 5.91 Å². The van der Waals surface area contributed by atoms with Gasteiger partial charge >= 0.3 is 6.03 Å². The molecule has 2 aromatic rings. The van der Waals surface area contributed by atoms with E-state index in [2.05, 4.69) is 4.90 Å². The molecule has 0 aliphatic carbocycles. The van der Waals surface area contributed by atoms with E-state index in [4.69, 9.17) is 11.6 Å². The monoisotopic (exact) mass is 444 g/mol. The number of piperazine rings is 1. The topological polar surface area (TPSA) is 64.2 Å². The minimum atomic E-state index is -0.759. The van der Waals surface area contributed by atoms with E-state index in [1.54, 1.807) is 11.8 Å². The molecule has 162 valence electrons. The highest BCUT2D eigenvalue weighted by Gasteiger charge is 2.44. The van der Waals surface area contributed by atoms with Crippen LogP contribution in [0.2, 0.25) is 5.02 Å². The van der Waals surface area contributed by atoms with Crippen molar-refractivity contribution in [3.63, 3.8) is 0 Å². The Kier molecular flexibility index (Phi) is 5.82. The van der Waals surface area contributed by atoms with Crippen molar-refractivity contribution < 1.29 is 18.8 Å². The lowest BCUT2D eigenvalue weighted by molar-refractivity contribution is -0.137. The van der Waals surface area contributed by atoms with Crippen molar-refractivity contribution in [3.05, 3.63) is 59.4 Å². The van der Waals surface area contributed by atoms with E-state index >= 15 is 0 Å². The Balaban J connectivity index is 1.39. The maximum absolute atomic E-state index is 13.2. The summed E-state index contributed by atoms with van der Waals surface area (Å²) in [5.41, 5.74) is 1.41. The zero-order chi connectivity index (χ0) is 22.1. The molecule has 31 heavy (non-hydrogen) atoms. The van der Waals surface area contributed by atoms with Gasteiger partial charge in [0.2, 0.25) is 5.91 Å². The van der Waals surface area contributed by atoms with Crippen LogP contribution < -0.4 is 9.80 Å². The molecule has 0 radical (unpaired) electrons. The summed E-state index contributed by atoms with van der Waals surface area (Å²) < 4.78 is 13.2. The predicted octanol–water partition coefficient (Wildman–Crippen LogP) is 2.99. The van der Waals surface area contributed by atoms with Gasteiger partial charge in [-0.05, 0) is 49.4 Å². The molecule has 2 saturated heterocycles. The standard InChI is InChI=1S/C22H22ClFN4O3/c1-15-21(30)27(22(31)28(15)18-7-5-17(24)6-8-18)14-20(29)26-11-9-25(10-12-26)19-4-2-3-16(23)13-19/h2-8,13,15H,9-12,14H2,1H3. The molecule has 7 nitrogen and oxygen atoms in total. The number of hydrogen-bond donors (Lipinski definition) is 0. The molecule has 0 bridgehead atoms. The predicted molar refractivity (Wildman–Crippen MR) is 116 cm³/mol. The van der Waals surface area contributed by atoms with E-state index in [0.717, 1.165) is 10.6 Å². The average molecular weight is 445 g/mol. The van der Waals surface area contributed by atoms with Crippen LogP contribution in [-0.2, 0) is 9.59 Å². The molecule has 2 heterocycles. The van der Waals surface area contributed by atoms with Crippen molar-refractivity contribution in [2.45, 2.75) is 13.0 Å². The van der Waals surface area contributed by atoms with Crippen LogP contribution in [0.3, 0.4) is 0 Å². The Morgan fingerprint density at radius 3 is 2.35 bits per heavy atom. The molecule has 0 aromatic heterocycles. The molecule has 0 spiro atoms. The minimum Gasteiger partial charge on any atom is -0.368 e. The van der Waals surface area contributed by atoms with Gasteiger partial charge in [-0.25, -0.2) is 9.18 Å². The summed E-state index contributed by atoms with van der Waals surface area (Å²) in [5, 5.41) is 0.655. The smallest absolute Gasteiger partial charge is 0.332 e. The number of imide groups is 1. The Hall–Kier alpha value is -3.13. The summed E-state index contributed by atoms with van der Waals surface area (Å²) >= 11 is 6.06. The lowest BCUT2D eigenvalue weighted by atomic mass is 10.2. The number of hydrogen-bond acceptors (Lipinski definition) is 4. The summed E-state index contributed by atoms with van der Waals surface area (Å²) in [6, 6.07) is 11.6. The van der Waals surface area contributed by atoms with Crippen molar-refractivity contribution in [2.24, 2.45) is 0 Å². The van der Waals surface area contributed by atoms with Gasteiger partial charge in [-0.3, -0.25) is 19.4 Å². The van der Waals surface area contributed by atoms with E-state index in [1.165, 1.54) is 29.2 Å². The Morgan fingerprint density at radius 1 is 1.03 bits per heavy atom. The molecule has 2 aliphatic heterocycles. The van der Waals surface area contributed by atoms with E-state index in [9.17, 15) is 18.8 Å². The number of benzene rings is 2. The minimum absolute atomic E-state index is 0.277. The molecule has 2 fully saturated rings. The molecule has 2 aliphatic rings. The van der Waals surface area contributed by atoms with E-state index in [0.29, 0.717) is 36.9 Å². The van der Waals surface area contributed by atoms with Gasteiger partial charge in [0.05, 0.1) is 0 Å². The first-order valence-corrected chi connectivity index (χ1v) is 10.4. The number of nitrogens with zero attached hydrogens (tertiary/aromatic N) is 4. The Morgan fingerprint density at radius 2 is 1.71 bits per heavy atom. The lowest BCUT2D eigenvalue weighted by Gasteiger charge is -2.36. The maximum atomic E-state index is 13.2. The van der Waals surface area contributed by atoms with E-state index in [-0.39, 0.29) is 12.5 Å². The highest BCUT2D eigenvalue weighted by molar-refractivity contribution is 6.30. The number of carbonyl (C=O) groups is 3. The van der Waals surface area contributed by atoms with Crippen LogP contribution in [0.5, 0.6) is 0 Å². The lowest BCUT2D eigenvalue weighted by Crippen LogP contribution is -2.52. The van der Waals surface area contributed by atoms with Crippen LogP contribution in [0, 0.1) is 5.82 Å². The van der Waals surface area contributed by atoms with Crippen LogP contribution in [0.1, 0.15) is 6.92 Å². The second-order valence-corrected chi connectivity index (χ2v) is 8.01. The zero-order valence-corrected chi connectivity index (χ0v) is 17.8. The SMILES string of the molecule is CC1C(=O)N(CC(=O)N2CCN(c3cccc(Cl)c3)CC2)C(=O)N1c1ccc(F)cc1. The second kappa shape index (κ2) is 8.55.